The van der Waals surface area contributed by atoms with Crippen molar-refractivity contribution in [2.75, 3.05) is 5.32 Å². The number of amides is 1. The van der Waals surface area contributed by atoms with Gasteiger partial charge in [-0.05, 0) is 43.9 Å². The second-order valence-corrected chi connectivity index (χ2v) is 10.7. The van der Waals surface area contributed by atoms with Gasteiger partial charge in [0.05, 0.1) is 11.7 Å². The molecule has 6 heteroatoms. The molecule has 2 aromatic carbocycles. The number of nitrogens with one attached hydrogen (secondary N) is 1. The van der Waals surface area contributed by atoms with Crippen molar-refractivity contribution in [1.82, 2.24) is 0 Å². The van der Waals surface area contributed by atoms with Gasteiger partial charge in [-0.1, -0.05) is 56.3 Å². The minimum absolute atomic E-state index is 0.228. The summed E-state index contributed by atoms with van der Waals surface area (Å²) < 4.78 is 6.63. The molecule has 0 atom stereocenters. The minimum Gasteiger partial charge on any atom is -0.459 e. The highest BCUT2D eigenvalue weighted by atomic mass is 32.1. The van der Waals surface area contributed by atoms with Gasteiger partial charge in [-0.2, -0.15) is 0 Å². The third-order valence-electron chi connectivity index (χ3n) is 5.45. The molecule has 4 rings (SSSR count). The summed E-state index contributed by atoms with van der Waals surface area (Å²) in [4.78, 5) is 27.3. The maximum Gasteiger partial charge on any atom is 0.342 e. The summed E-state index contributed by atoms with van der Waals surface area (Å²) in [7, 11) is 0. The summed E-state index contributed by atoms with van der Waals surface area (Å²) in [5, 5.41) is 6.29. The molecule has 4 nitrogen and oxygen atoms in total. The van der Waals surface area contributed by atoms with Crippen molar-refractivity contribution in [3.05, 3.63) is 75.5 Å². The van der Waals surface area contributed by atoms with Crippen LogP contribution in [-0.4, -0.2) is 18.0 Å². The molecular formula is C27H27NO3S2. The molecule has 0 spiro atoms. The zero-order valence-electron chi connectivity index (χ0n) is 19.4. The topological polar surface area (TPSA) is 55.4 Å². The fraction of sp³-hybridized carbons (Fsp3) is 0.259. The van der Waals surface area contributed by atoms with Crippen LogP contribution in [0.5, 0.6) is 0 Å². The molecule has 0 bridgehead atoms. The molecule has 33 heavy (non-hydrogen) atoms. The van der Waals surface area contributed by atoms with Gasteiger partial charge in [-0.3, -0.25) is 4.79 Å². The predicted octanol–water partition coefficient (Wildman–Crippen LogP) is 7.88. The molecular weight excluding hydrogens is 450 g/mol. The van der Waals surface area contributed by atoms with E-state index in [0.29, 0.717) is 22.0 Å². The minimum atomic E-state index is -0.428. The Balaban J connectivity index is 1.77. The van der Waals surface area contributed by atoms with Crippen LogP contribution in [-0.2, 0) is 4.74 Å². The first-order valence-electron chi connectivity index (χ1n) is 11.0. The van der Waals surface area contributed by atoms with Crippen molar-refractivity contribution in [3.8, 4) is 11.1 Å². The van der Waals surface area contributed by atoms with Crippen molar-refractivity contribution >= 4 is 49.6 Å². The number of carbonyl (C=O) groups is 2. The fourth-order valence-corrected chi connectivity index (χ4v) is 5.81. The van der Waals surface area contributed by atoms with Gasteiger partial charge in [-0.25, -0.2) is 4.79 Å². The third kappa shape index (κ3) is 4.72. The summed E-state index contributed by atoms with van der Waals surface area (Å²) in [5.74, 6) is -0.236. The Kier molecular flexibility index (Phi) is 6.68. The van der Waals surface area contributed by atoms with Gasteiger partial charge >= 0.3 is 5.97 Å². The quantitative estimate of drug-likeness (QED) is 0.287. The van der Waals surface area contributed by atoms with Crippen LogP contribution in [0.4, 0.5) is 5.00 Å². The second kappa shape index (κ2) is 9.49. The third-order valence-corrected chi connectivity index (χ3v) is 7.43. The number of benzene rings is 2. The van der Waals surface area contributed by atoms with Crippen LogP contribution in [0.1, 0.15) is 64.8 Å². The van der Waals surface area contributed by atoms with Crippen molar-refractivity contribution < 1.29 is 14.3 Å². The van der Waals surface area contributed by atoms with E-state index in [1.807, 2.05) is 62.5 Å². The van der Waals surface area contributed by atoms with Crippen molar-refractivity contribution in [3.63, 3.8) is 0 Å². The molecule has 0 aliphatic heterocycles. The van der Waals surface area contributed by atoms with Gasteiger partial charge in [-0.15, -0.1) is 22.7 Å². The molecule has 0 radical (unpaired) electrons. The Labute approximate surface area is 202 Å². The summed E-state index contributed by atoms with van der Waals surface area (Å²) in [6.07, 6.45) is -0.266. The van der Waals surface area contributed by atoms with Crippen LogP contribution in [0.15, 0.2) is 53.9 Å². The predicted molar refractivity (Wildman–Crippen MR) is 139 cm³/mol. The van der Waals surface area contributed by atoms with E-state index in [9.17, 15) is 9.59 Å². The number of carbonyl (C=O) groups excluding carboxylic acids is 2. The van der Waals surface area contributed by atoms with E-state index >= 15 is 0 Å². The van der Waals surface area contributed by atoms with Gasteiger partial charge in [0, 0.05) is 25.9 Å². The lowest BCUT2D eigenvalue weighted by Crippen LogP contribution is -2.16. The maximum atomic E-state index is 13.2. The van der Waals surface area contributed by atoms with Gasteiger partial charge in [0.25, 0.3) is 5.91 Å². The molecule has 0 fully saturated rings. The van der Waals surface area contributed by atoms with Crippen LogP contribution < -0.4 is 5.32 Å². The van der Waals surface area contributed by atoms with E-state index in [1.165, 1.54) is 28.2 Å². The van der Waals surface area contributed by atoms with E-state index < -0.39 is 5.97 Å². The van der Waals surface area contributed by atoms with Crippen LogP contribution in [0, 0.1) is 6.92 Å². The first-order valence-corrected chi connectivity index (χ1v) is 12.7. The summed E-state index contributed by atoms with van der Waals surface area (Å²) in [6, 6.07) is 16.1. The Morgan fingerprint density at radius 1 is 0.970 bits per heavy atom. The fourth-order valence-electron chi connectivity index (χ4n) is 3.81. The Bertz CT molecular complexity index is 1310. The number of ether oxygens (including phenoxy) is 1. The van der Waals surface area contributed by atoms with Gasteiger partial charge in [0.2, 0.25) is 0 Å². The maximum absolute atomic E-state index is 13.2. The lowest BCUT2D eigenvalue weighted by atomic mass is 9.97. The number of hydrogen-bond acceptors (Lipinski definition) is 5. The first kappa shape index (κ1) is 23.2. The highest BCUT2D eigenvalue weighted by molar-refractivity contribution is 7.18. The second-order valence-electron chi connectivity index (χ2n) is 8.57. The molecule has 1 N–H and O–H groups in total. The van der Waals surface area contributed by atoms with E-state index in [2.05, 4.69) is 31.3 Å². The molecule has 170 valence electrons. The summed E-state index contributed by atoms with van der Waals surface area (Å²) in [6.45, 7) is 9.92. The number of aryl methyl sites for hydroxylation is 1. The van der Waals surface area contributed by atoms with E-state index in [4.69, 9.17) is 4.74 Å². The number of fused-ring (bicyclic) bond motifs is 1. The molecule has 1 amide bonds. The molecule has 0 aliphatic carbocycles. The lowest BCUT2D eigenvalue weighted by Gasteiger charge is -2.13. The molecule has 2 aromatic heterocycles. The van der Waals surface area contributed by atoms with Crippen LogP contribution in [0.2, 0.25) is 0 Å². The SMILES string of the molecule is Cc1sc(NC(=O)c2csc3ccccc23)c(C(=O)OC(C)C)c1-c1ccc(C(C)C)cc1. The average Bonchev–Trinajstić information content (AvgIpc) is 3.34. The Morgan fingerprint density at radius 3 is 2.33 bits per heavy atom. The Morgan fingerprint density at radius 2 is 1.67 bits per heavy atom. The smallest absolute Gasteiger partial charge is 0.342 e. The molecule has 0 saturated heterocycles. The molecule has 2 heterocycles. The van der Waals surface area contributed by atoms with E-state index in [1.54, 1.807) is 0 Å². The first-order chi connectivity index (χ1) is 15.8. The van der Waals surface area contributed by atoms with E-state index in [0.717, 1.165) is 26.1 Å². The number of thiophene rings is 2. The molecule has 0 unspecified atom stereocenters. The van der Waals surface area contributed by atoms with Gasteiger partial charge in [0.1, 0.15) is 10.6 Å². The number of esters is 1. The van der Waals surface area contributed by atoms with Crippen molar-refractivity contribution in [2.24, 2.45) is 0 Å². The lowest BCUT2D eigenvalue weighted by molar-refractivity contribution is 0.0380. The zero-order valence-corrected chi connectivity index (χ0v) is 21.0. The Hall–Kier alpha value is -2.96. The number of hydrogen-bond donors (Lipinski definition) is 1. The standard InChI is InChI=1S/C27H27NO3S2/c1-15(2)18-10-12-19(13-11-18)23-17(5)33-26(24(23)27(30)31-16(3)4)28-25(29)21-14-32-22-9-7-6-8-20(21)22/h6-16H,1-5H3,(H,28,29). The van der Waals surface area contributed by atoms with E-state index in [-0.39, 0.29) is 12.0 Å². The molecule has 0 saturated carbocycles. The van der Waals surface area contributed by atoms with Crippen molar-refractivity contribution in [2.45, 2.75) is 46.6 Å². The highest BCUT2D eigenvalue weighted by Crippen LogP contribution is 2.41. The monoisotopic (exact) mass is 477 g/mol. The summed E-state index contributed by atoms with van der Waals surface area (Å²) >= 11 is 2.93. The molecule has 4 aromatic rings. The van der Waals surface area contributed by atoms with Crippen LogP contribution in [0.3, 0.4) is 0 Å². The average molecular weight is 478 g/mol. The summed E-state index contributed by atoms with van der Waals surface area (Å²) in [5.41, 5.74) is 4.00. The number of rotatable bonds is 6. The van der Waals surface area contributed by atoms with Gasteiger partial charge in [0.15, 0.2) is 0 Å². The number of anilines is 1. The highest BCUT2D eigenvalue weighted by Gasteiger charge is 2.27. The molecule has 0 aliphatic rings. The largest absolute Gasteiger partial charge is 0.459 e. The zero-order chi connectivity index (χ0) is 23.7. The van der Waals surface area contributed by atoms with Crippen molar-refractivity contribution in [1.29, 1.82) is 0 Å². The van der Waals surface area contributed by atoms with Gasteiger partial charge < -0.3 is 10.1 Å². The van der Waals surface area contributed by atoms with Crippen LogP contribution >= 0.6 is 22.7 Å². The van der Waals surface area contributed by atoms with Crippen LogP contribution in [0.25, 0.3) is 21.2 Å². The normalized spacial score (nSPS) is 11.4.